The number of oxazole rings is 1. The van der Waals surface area contributed by atoms with Crippen molar-refractivity contribution in [2.24, 2.45) is 0 Å². The quantitative estimate of drug-likeness (QED) is 0.791. The van der Waals surface area contributed by atoms with Crippen molar-refractivity contribution in [3.8, 4) is 0 Å². The van der Waals surface area contributed by atoms with Crippen LogP contribution in [-0.2, 0) is 5.54 Å². The van der Waals surface area contributed by atoms with Crippen LogP contribution in [0.5, 0.6) is 0 Å². The number of nitrogens with one attached hydrogen (secondary N) is 1. The van der Waals surface area contributed by atoms with Crippen LogP contribution < -0.4 is 5.32 Å². The van der Waals surface area contributed by atoms with Crippen LogP contribution in [0.1, 0.15) is 39.6 Å². The summed E-state index contributed by atoms with van der Waals surface area (Å²) in [5.74, 6) is 0.680. The summed E-state index contributed by atoms with van der Waals surface area (Å²) < 4.78 is 7.71. The minimum absolute atomic E-state index is 0.0185. The maximum absolute atomic E-state index is 5.78. The van der Waals surface area contributed by atoms with Crippen molar-refractivity contribution in [1.29, 1.82) is 0 Å². The topological polar surface area (TPSA) is 55.9 Å². The molecule has 1 aromatic carbocycles. The molecule has 0 radical (unpaired) electrons. The number of rotatable bonds is 3. The number of hydrogen-bond acceptors (Lipinski definition) is 4. The highest BCUT2D eigenvalue weighted by Crippen LogP contribution is 2.23. The number of nitrogens with zero attached hydrogens (tertiary/aromatic N) is 3. The Balaban J connectivity index is 1.79. The molecule has 3 rings (SSSR count). The third-order valence-electron chi connectivity index (χ3n) is 3.33. The first-order valence-corrected chi connectivity index (χ1v) is 7.10. The molecule has 1 N–H and O–H groups in total. The van der Waals surface area contributed by atoms with E-state index in [0.717, 1.165) is 16.8 Å². The van der Waals surface area contributed by atoms with E-state index in [2.05, 4.69) is 36.2 Å². The lowest BCUT2D eigenvalue weighted by atomic mass is 10.1. The van der Waals surface area contributed by atoms with Crippen LogP contribution >= 0.6 is 0 Å². The lowest BCUT2D eigenvalue weighted by Crippen LogP contribution is -2.21. The first kappa shape index (κ1) is 13.7. The van der Waals surface area contributed by atoms with Gasteiger partial charge in [-0.15, -0.1) is 0 Å². The molecular formula is C16H20N4O. The zero-order valence-electron chi connectivity index (χ0n) is 12.8. The van der Waals surface area contributed by atoms with Gasteiger partial charge in [0.1, 0.15) is 11.6 Å². The van der Waals surface area contributed by atoms with Gasteiger partial charge in [0.05, 0.1) is 17.4 Å². The van der Waals surface area contributed by atoms with E-state index in [0.29, 0.717) is 5.89 Å². The Kier molecular flexibility index (Phi) is 3.20. The molecule has 2 heterocycles. The number of para-hydroxylation sites is 2. The molecule has 0 fully saturated rings. The van der Waals surface area contributed by atoms with Gasteiger partial charge >= 0.3 is 0 Å². The molecule has 1 atom stereocenters. The number of benzene rings is 1. The minimum Gasteiger partial charge on any atom is -0.438 e. The molecule has 110 valence electrons. The van der Waals surface area contributed by atoms with E-state index in [1.54, 1.807) is 0 Å². The molecule has 5 heteroatoms. The summed E-state index contributed by atoms with van der Waals surface area (Å²) in [5, 5.41) is 7.75. The molecule has 0 aliphatic rings. The molecule has 0 saturated carbocycles. The van der Waals surface area contributed by atoms with Crippen molar-refractivity contribution in [3.63, 3.8) is 0 Å². The number of anilines is 1. The number of aromatic nitrogens is 3. The maximum Gasteiger partial charge on any atom is 0.217 e. The minimum atomic E-state index is -0.0270. The van der Waals surface area contributed by atoms with Gasteiger partial charge in [0.25, 0.3) is 0 Å². The van der Waals surface area contributed by atoms with Crippen LogP contribution in [0.2, 0.25) is 0 Å². The lowest BCUT2D eigenvalue weighted by molar-refractivity contribution is 0.355. The van der Waals surface area contributed by atoms with Crippen molar-refractivity contribution in [2.75, 3.05) is 5.32 Å². The Morgan fingerprint density at radius 1 is 1.24 bits per heavy atom. The molecular weight excluding hydrogens is 264 g/mol. The second-order valence-electron chi connectivity index (χ2n) is 6.23. The molecule has 0 bridgehead atoms. The van der Waals surface area contributed by atoms with E-state index in [4.69, 9.17) is 4.42 Å². The SMILES string of the molecule is C[C@@H](Nc1cnn(C(C)(C)C)c1)c1nc2ccccc2o1. The monoisotopic (exact) mass is 284 g/mol. The van der Waals surface area contributed by atoms with E-state index < -0.39 is 0 Å². The second kappa shape index (κ2) is 4.91. The Morgan fingerprint density at radius 3 is 2.67 bits per heavy atom. The predicted molar refractivity (Wildman–Crippen MR) is 83.3 cm³/mol. The van der Waals surface area contributed by atoms with Gasteiger partial charge in [-0.3, -0.25) is 4.68 Å². The summed E-state index contributed by atoms with van der Waals surface area (Å²) in [7, 11) is 0. The first-order valence-electron chi connectivity index (χ1n) is 7.10. The lowest BCUT2D eigenvalue weighted by Gasteiger charge is -2.18. The van der Waals surface area contributed by atoms with E-state index in [1.165, 1.54) is 0 Å². The normalized spacial score (nSPS) is 13.5. The average molecular weight is 284 g/mol. The van der Waals surface area contributed by atoms with E-state index in [1.807, 2.05) is 48.3 Å². The largest absolute Gasteiger partial charge is 0.438 e. The highest BCUT2D eigenvalue weighted by atomic mass is 16.3. The molecule has 0 amide bonds. The fourth-order valence-electron chi connectivity index (χ4n) is 2.15. The Labute approximate surface area is 124 Å². The highest BCUT2D eigenvalue weighted by Gasteiger charge is 2.17. The van der Waals surface area contributed by atoms with Crippen molar-refractivity contribution >= 4 is 16.8 Å². The van der Waals surface area contributed by atoms with Crippen LogP contribution in [0, 0.1) is 0 Å². The fourth-order valence-corrected chi connectivity index (χ4v) is 2.15. The summed E-state index contributed by atoms with van der Waals surface area (Å²) in [6.07, 6.45) is 3.82. The van der Waals surface area contributed by atoms with Crippen LogP contribution in [-0.4, -0.2) is 14.8 Å². The Bertz CT molecular complexity index is 718. The molecule has 21 heavy (non-hydrogen) atoms. The van der Waals surface area contributed by atoms with Crippen LogP contribution in [0.15, 0.2) is 41.1 Å². The Hall–Kier alpha value is -2.30. The number of hydrogen-bond donors (Lipinski definition) is 1. The highest BCUT2D eigenvalue weighted by molar-refractivity contribution is 5.72. The fraction of sp³-hybridized carbons (Fsp3) is 0.375. The van der Waals surface area contributed by atoms with Gasteiger partial charge < -0.3 is 9.73 Å². The van der Waals surface area contributed by atoms with Gasteiger partial charge in [-0.1, -0.05) is 12.1 Å². The summed E-state index contributed by atoms with van der Waals surface area (Å²) in [5.41, 5.74) is 2.62. The van der Waals surface area contributed by atoms with Gasteiger partial charge in [-0.05, 0) is 39.8 Å². The summed E-state index contributed by atoms with van der Waals surface area (Å²) >= 11 is 0. The molecule has 0 saturated heterocycles. The Morgan fingerprint density at radius 2 is 2.00 bits per heavy atom. The second-order valence-corrected chi connectivity index (χ2v) is 6.23. The summed E-state index contributed by atoms with van der Waals surface area (Å²) in [6.45, 7) is 8.38. The van der Waals surface area contributed by atoms with Crippen molar-refractivity contribution < 1.29 is 4.42 Å². The smallest absolute Gasteiger partial charge is 0.217 e. The molecule has 0 aliphatic carbocycles. The average Bonchev–Trinajstić information content (AvgIpc) is 3.03. The molecule has 0 unspecified atom stereocenters. The third kappa shape index (κ3) is 2.77. The molecule has 0 spiro atoms. The van der Waals surface area contributed by atoms with Crippen LogP contribution in [0.4, 0.5) is 5.69 Å². The van der Waals surface area contributed by atoms with Gasteiger partial charge in [0.15, 0.2) is 5.58 Å². The molecule has 0 aliphatic heterocycles. The van der Waals surface area contributed by atoms with E-state index >= 15 is 0 Å². The van der Waals surface area contributed by atoms with Gasteiger partial charge in [0.2, 0.25) is 5.89 Å². The zero-order chi connectivity index (χ0) is 15.0. The van der Waals surface area contributed by atoms with Crippen molar-refractivity contribution in [3.05, 3.63) is 42.5 Å². The molecule has 3 aromatic rings. The summed E-state index contributed by atoms with van der Waals surface area (Å²) in [6, 6.07) is 7.76. The van der Waals surface area contributed by atoms with E-state index in [9.17, 15) is 0 Å². The third-order valence-corrected chi connectivity index (χ3v) is 3.33. The molecule has 5 nitrogen and oxygen atoms in total. The summed E-state index contributed by atoms with van der Waals surface area (Å²) in [4.78, 5) is 4.51. The van der Waals surface area contributed by atoms with Gasteiger partial charge in [0, 0.05) is 6.20 Å². The van der Waals surface area contributed by atoms with Crippen molar-refractivity contribution in [2.45, 2.75) is 39.3 Å². The maximum atomic E-state index is 5.78. The van der Waals surface area contributed by atoms with Crippen LogP contribution in [0.3, 0.4) is 0 Å². The van der Waals surface area contributed by atoms with Crippen LogP contribution in [0.25, 0.3) is 11.1 Å². The van der Waals surface area contributed by atoms with E-state index in [-0.39, 0.29) is 11.6 Å². The predicted octanol–water partition coefficient (Wildman–Crippen LogP) is 3.95. The number of fused-ring (bicyclic) bond motifs is 1. The zero-order valence-corrected chi connectivity index (χ0v) is 12.8. The van der Waals surface area contributed by atoms with Gasteiger partial charge in [-0.2, -0.15) is 5.10 Å². The first-order chi connectivity index (χ1) is 9.93. The molecule has 2 aromatic heterocycles. The van der Waals surface area contributed by atoms with Crippen molar-refractivity contribution in [1.82, 2.24) is 14.8 Å². The van der Waals surface area contributed by atoms with Gasteiger partial charge in [-0.25, -0.2) is 4.98 Å². The standard InChI is InChI=1S/C16H20N4O/c1-11(15-19-13-7-5-6-8-14(13)21-15)18-12-9-17-20(10-12)16(2,3)4/h5-11,18H,1-4H3/t11-/m1/s1.